The molecule has 3 nitrogen and oxygen atoms in total. The summed E-state index contributed by atoms with van der Waals surface area (Å²) in [5.41, 5.74) is 5.53. The van der Waals surface area contributed by atoms with Crippen LogP contribution in [0.5, 0.6) is 0 Å². The number of hydrogen-bond acceptors (Lipinski definition) is 2. The molecule has 0 atom stereocenters. The number of para-hydroxylation sites is 1. The predicted molar refractivity (Wildman–Crippen MR) is 97.3 cm³/mol. The summed E-state index contributed by atoms with van der Waals surface area (Å²) in [5, 5.41) is 1.80. The molecule has 126 valence electrons. The number of nitrogens with one attached hydrogen (secondary N) is 1. The Balaban J connectivity index is 1.74. The van der Waals surface area contributed by atoms with Crippen LogP contribution in [0.1, 0.15) is 11.1 Å². The molecule has 0 unspecified atom stereocenters. The van der Waals surface area contributed by atoms with Gasteiger partial charge in [0.15, 0.2) is 0 Å². The van der Waals surface area contributed by atoms with Crippen LogP contribution < -0.4 is 10.4 Å². The Morgan fingerprint density at radius 3 is 2.16 bits per heavy atom. The fourth-order valence-electron chi connectivity index (χ4n) is 2.59. The summed E-state index contributed by atoms with van der Waals surface area (Å²) in [7, 11) is 0. The van der Waals surface area contributed by atoms with Gasteiger partial charge in [-0.3, -0.25) is 15.2 Å². The van der Waals surface area contributed by atoms with Crippen LogP contribution in [0.25, 0.3) is 0 Å². The standard InChI is InChI=1S/C21H19FN2O/c22-19-11-7-10-18(14-19)15-21(25)23-24(20-12-5-2-6-13-20)16-17-8-3-1-4-9-17/h1-14H,15-16H2,(H,23,25). The monoisotopic (exact) mass is 334 g/mol. The maximum Gasteiger partial charge on any atom is 0.242 e. The van der Waals surface area contributed by atoms with Crippen LogP contribution in [0.2, 0.25) is 0 Å². The van der Waals surface area contributed by atoms with E-state index in [1.54, 1.807) is 17.1 Å². The van der Waals surface area contributed by atoms with Crippen LogP contribution in [-0.2, 0) is 17.8 Å². The molecular weight excluding hydrogens is 315 g/mol. The van der Waals surface area contributed by atoms with Gasteiger partial charge in [0, 0.05) is 0 Å². The van der Waals surface area contributed by atoms with Gasteiger partial charge in [-0.1, -0.05) is 60.7 Å². The first-order chi connectivity index (χ1) is 12.2. The summed E-state index contributed by atoms with van der Waals surface area (Å²) >= 11 is 0. The zero-order chi connectivity index (χ0) is 17.5. The van der Waals surface area contributed by atoms with Crippen molar-refractivity contribution in [2.24, 2.45) is 0 Å². The van der Waals surface area contributed by atoms with E-state index in [1.807, 2.05) is 60.7 Å². The van der Waals surface area contributed by atoms with Gasteiger partial charge in [-0.05, 0) is 35.4 Å². The van der Waals surface area contributed by atoms with E-state index in [1.165, 1.54) is 12.1 Å². The van der Waals surface area contributed by atoms with Gasteiger partial charge in [0.2, 0.25) is 5.91 Å². The SMILES string of the molecule is O=C(Cc1cccc(F)c1)NN(Cc1ccccc1)c1ccccc1. The Morgan fingerprint density at radius 2 is 1.48 bits per heavy atom. The zero-order valence-corrected chi connectivity index (χ0v) is 13.7. The number of hydrazine groups is 1. The highest BCUT2D eigenvalue weighted by molar-refractivity contribution is 5.80. The second-order valence-electron chi connectivity index (χ2n) is 5.75. The summed E-state index contributed by atoms with van der Waals surface area (Å²) in [5.74, 6) is -0.528. The lowest BCUT2D eigenvalue weighted by molar-refractivity contribution is -0.120. The summed E-state index contributed by atoms with van der Waals surface area (Å²) in [6, 6.07) is 25.6. The van der Waals surface area contributed by atoms with E-state index in [2.05, 4.69) is 5.43 Å². The van der Waals surface area contributed by atoms with E-state index in [9.17, 15) is 9.18 Å². The maximum absolute atomic E-state index is 13.3. The van der Waals surface area contributed by atoms with Gasteiger partial charge >= 0.3 is 0 Å². The number of carbonyl (C=O) groups is 1. The first kappa shape index (κ1) is 16.7. The predicted octanol–water partition coefficient (Wildman–Crippen LogP) is 4.11. The second-order valence-corrected chi connectivity index (χ2v) is 5.75. The Bertz CT molecular complexity index is 822. The van der Waals surface area contributed by atoms with Crippen LogP contribution in [-0.4, -0.2) is 5.91 Å². The minimum absolute atomic E-state index is 0.121. The smallest absolute Gasteiger partial charge is 0.242 e. The number of hydrogen-bond donors (Lipinski definition) is 1. The van der Waals surface area contributed by atoms with Crippen molar-refractivity contribution in [3.63, 3.8) is 0 Å². The van der Waals surface area contributed by atoms with Crippen molar-refractivity contribution in [2.45, 2.75) is 13.0 Å². The van der Waals surface area contributed by atoms with Gasteiger partial charge in [-0.15, -0.1) is 0 Å². The Morgan fingerprint density at radius 1 is 0.840 bits per heavy atom. The average Bonchev–Trinajstić information content (AvgIpc) is 2.63. The number of carbonyl (C=O) groups excluding carboxylic acids is 1. The molecule has 0 heterocycles. The van der Waals surface area contributed by atoms with Gasteiger partial charge in [-0.25, -0.2) is 4.39 Å². The minimum atomic E-state index is -0.338. The summed E-state index contributed by atoms with van der Waals surface area (Å²) in [6.45, 7) is 0.541. The van der Waals surface area contributed by atoms with Gasteiger partial charge in [0.1, 0.15) is 5.82 Å². The summed E-state index contributed by atoms with van der Waals surface area (Å²) in [4.78, 5) is 12.4. The molecule has 1 amide bonds. The topological polar surface area (TPSA) is 32.3 Å². The minimum Gasteiger partial charge on any atom is -0.281 e. The third-order valence-electron chi connectivity index (χ3n) is 3.76. The Kier molecular flexibility index (Phi) is 5.42. The lowest BCUT2D eigenvalue weighted by Crippen LogP contribution is -2.42. The van der Waals surface area contributed by atoms with Crippen molar-refractivity contribution in [1.29, 1.82) is 0 Å². The van der Waals surface area contributed by atoms with Crippen molar-refractivity contribution >= 4 is 11.6 Å². The highest BCUT2D eigenvalue weighted by Gasteiger charge is 2.12. The molecule has 0 saturated heterocycles. The molecule has 25 heavy (non-hydrogen) atoms. The number of halogens is 1. The molecule has 0 aromatic heterocycles. The Labute approximate surface area is 146 Å². The molecule has 3 aromatic rings. The van der Waals surface area contributed by atoms with E-state index in [0.29, 0.717) is 12.1 Å². The van der Waals surface area contributed by atoms with Crippen molar-refractivity contribution in [3.05, 3.63) is 102 Å². The number of anilines is 1. The molecule has 0 spiro atoms. The van der Waals surface area contributed by atoms with E-state index in [0.717, 1.165) is 11.3 Å². The molecular formula is C21H19FN2O. The quantitative estimate of drug-likeness (QED) is 0.688. The van der Waals surface area contributed by atoms with Crippen LogP contribution in [0.3, 0.4) is 0 Å². The zero-order valence-electron chi connectivity index (χ0n) is 13.7. The van der Waals surface area contributed by atoms with Gasteiger partial charge in [0.05, 0.1) is 18.7 Å². The van der Waals surface area contributed by atoms with Crippen molar-refractivity contribution in [1.82, 2.24) is 5.43 Å². The Hall–Kier alpha value is -3.14. The van der Waals surface area contributed by atoms with Crippen molar-refractivity contribution in [2.75, 3.05) is 5.01 Å². The van der Waals surface area contributed by atoms with Gasteiger partial charge in [-0.2, -0.15) is 0 Å². The van der Waals surface area contributed by atoms with E-state index in [-0.39, 0.29) is 18.1 Å². The molecule has 0 fully saturated rings. The third kappa shape index (κ3) is 4.91. The molecule has 3 rings (SSSR count). The largest absolute Gasteiger partial charge is 0.281 e. The molecule has 0 aliphatic rings. The van der Waals surface area contributed by atoms with Crippen LogP contribution >= 0.6 is 0 Å². The van der Waals surface area contributed by atoms with Crippen LogP contribution in [0.4, 0.5) is 10.1 Å². The van der Waals surface area contributed by atoms with E-state index in [4.69, 9.17) is 0 Å². The van der Waals surface area contributed by atoms with Crippen molar-refractivity contribution < 1.29 is 9.18 Å². The highest BCUT2D eigenvalue weighted by Crippen LogP contribution is 2.15. The van der Waals surface area contributed by atoms with Gasteiger partial charge in [0.25, 0.3) is 0 Å². The molecule has 1 N–H and O–H groups in total. The molecule has 0 bridgehead atoms. The third-order valence-corrected chi connectivity index (χ3v) is 3.76. The van der Waals surface area contributed by atoms with E-state index >= 15 is 0 Å². The molecule has 0 aliphatic heterocycles. The van der Waals surface area contributed by atoms with Crippen LogP contribution in [0.15, 0.2) is 84.9 Å². The lowest BCUT2D eigenvalue weighted by Gasteiger charge is -2.25. The maximum atomic E-state index is 13.3. The lowest BCUT2D eigenvalue weighted by atomic mass is 10.1. The summed E-state index contributed by atoms with van der Waals surface area (Å²) < 4.78 is 13.3. The van der Waals surface area contributed by atoms with Crippen LogP contribution in [0, 0.1) is 5.82 Å². The second kappa shape index (κ2) is 8.11. The highest BCUT2D eigenvalue weighted by atomic mass is 19.1. The summed E-state index contributed by atoms with van der Waals surface area (Å²) in [6.07, 6.45) is 0.121. The normalized spacial score (nSPS) is 10.3. The molecule has 3 aromatic carbocycles. The number of rotatable bonds is 6. The van der Waals surface area contributed by atoms with Crippen molar-refractivity contribution in [3.8, 4) is 0 Å². The fourth-order valence-corrected chi connectivity index (χ4v) is 2.59. The molecule has 4 heteroatoms. The molecule has 0 aliphatic carbocycles. The molecule has 0 radical (unpaired) electrons. The average molecular weight is 334 g/mol. The molecule has 0 saturated carbocycles. The number of amides is 1. The van der Waals surface area contributed by atoms with E-state index < -0.39 is 0 Å². The number of benzene rings is 3. The fraction of sp³-hybridized carbons (Fsp3) is 0.0952. The number of nitrogens with zero attached hydrogens (tertiary/aromatic N) is 1. The van der Waals surface area contributed by atoms with Gasteiger partial charge < -0.3 is 0 Å². The first-order valence-corrected chi connectivity index (χ1v) is 8.11. The first-order valence-electron chi connectivity index (χ1n) is 8.11.